The van der Waals surface area contributed by atoms with Crippen LogP contribution in [0, 0.1) is 0 Å². The molecule has 0 aromatic heterocycles. The standard InChI is InChI=1S/C12H9BrCl2N2O2S/c13-9-6-8(2-3-10(9)15)20(18,19)17-12-5-7(14)1-4-11(12)16/h1-6,17H,16H2. The molecule has 0 unspecified atom stereocenters. The summed E-state index contributed by atoms with van der Waals surface area (Å²) in [6, 6.07) is 8.84. The highest BCUT2D eigenvalue weighted by atomic mass is 79.9. The van der Waals surface area contributed by atoms with Gasteiger partial charge in [0.05, 0.1) is 21.3 Å². The number of nitrogens with one attached hydrogen (secondary N) is 1. The van der Waals surface area contributed by atoms with E-state index in [4.69, 9.17) is 28.9 Å². The lowest BCUT2D eigenvalue weighted by Gasteiger charge is -2.11. The largest absolute Gasteiger partial charge is 0.397 e. The summed E-state index contributed by atoms with van der Waals surface area (Å²) in [7, 11) is -3.77. The lowest BCUT2D eigenvalue weighted by molar-refractivity contribution is 0.601. The molecule has 0 saturated carbocycles. The predicted octanol–water partition coefficient (Wildman–Crippen LogP) is 4.14. The molecule has 0 aliphatic rings. The van der Waals surface area contributed by atoms with Gasteiger partial charge in [-0.2, -0.15) is 0 Å². The second kappa shape index (κ2) is 5.81. The summed E-state index contributed by atoms with van der Waals surface area (Å²) in [5.41, 5.74) is 6.22. The average Bonchev–Trinajstić information content (AvgIpc) is 2.36. The Morgan fingerprint density at radius 2 is 1.80 bits per heavy atom. The molecule has 2 aromatic rings. The van der Waals surface area contributed by atoms with Gasteiger partial charge in [-0.3, -0.25) is 4.72 Å². The molecule has 0 spiro atoms. The van der Waals surface area contributed by atoms with Crippen molar-refractivity contribution < 1.29 is 8.42 Å². The Morgan fingerprint density at radius 1 is 1.10 bits per heavy atom. The highest BCUT2D eigenvalue weighted by Gasteiger charge is 2.17. The highest BCUT2D eigenvalue weighted by molar-refractivity contribution is 9.10. The topological polar surface area (TPSA) is 72.2 Å². The highest BCUT2D eigenvalue weighted by Crippen LogP contribution is 2.28. The first-order chi connectivity index (χ1) is 9.29. The maximum absolute atomic E-state index is 12.3. The number of benzene rings is 2. The third-order valence-electron chi connectivity index (χ3n) is 2.46. The summed E-state index contributed by atoms with van der Waals surface area (Å²) in [5, 5.41) is 0.806. The summed E-state index contributed by atoms with van der Waals surface area (Å²) in [6.07, 6.45) is 0. The van der Waals surface area contributed by atoms with E-state index in [-0.39, 0.29) is 16.3 Å². The van der Waals surface area contributed by atoms with Gasteiger partial charge in [0, 0.05) is 9.50 Å². The molecule has 0 amide bonds. The van der Waals surface area contributed by atoms with Crippen LogP contribution in [0.1, 0.15) is 0 Å². The average molecular weight is 396 g/mol. The van der Waals surface area contributed by atoms with Crippen molar-refractivity contribution in [3.8, 4) is 0 Å². The van der Waals surface area contributed by atoms with E-state index >= 15 is 0 Å². The van der Waals surface area contributed by atoms with Crippen molar-refractivity contribution in [3.63, 3.8) is 0 Å². The fourth-order valence-corrected chi connectivity index (χ4v) is 3.39. The smallest absolute Gasteiger partial charge is 0.262 e. The van der Waals surface area contributed by atoms with Crippen molar-refractivity contribution in [1.29, 1.82) is 0 Å². The summed E-state index contributed by atoms with van der Waals surface area (Å²) >= 11 is 14.8. The maximum Gasteiger partial charge on any atom is 0.262 e. The van der Waals surface area contributed by atoms with Gasteiger partial charge < -0.3 is 5.73 Å². The van der Waals surface area contributed by atoms with Gasteiger partial charge >= 0.3 is 0 Å². The first kappa shape index (κ1) is 15.4. The van der Waals surface area contributed by atoms with Crippen LogP contribution in [0.25, 0.3) is 0 Å². The Balaban J connectivity index is 2.40. The zero-order valence-corrected chi connectivity index (χ0v) is 13.8. The van der Waals surface area contributed by atoms with Crippen molar-refractivity contribution in [2.75, 3.05) is 10.5 Å². The third-order valence-corrected chi connectivity index (χ3v) is 5.27. The minimum atomic E-state index is -3.77. The molecule has 4 nitrogen and oxygen atoms in total. The Kier molecular flexibility index (Phi) is 4.49. The Bertz CT molecular complexity index is 766. The monoisotopic (exact) mass is 394 g/mol. The number of hydrogen-bond donors (Lipinski definition) is 2. The second-order valence-electron chi connectivity index (χ2n) is 3.91. The van der Waals surface area contributed by atoms with Crippen molar-refractivity contribution in [2.24, 2.45) is 0 Å². The van der Waals surface area contributed by atoms with Gasteiger partial charge in [-0.1, -0.05) is 23.2 Å². The molecule has 0 bridgehead atoms. The molecule has 0 aliphatic carbocycles. The van der Waals surface area contributed by atoms with Crippen molar-refractivity contribution >= 4 is 60.5 Å². The van der Waals surface area contributed by atoms with Crippen LogP contribution in [-0.2, 0) is 10.0 Å². The van der Waals surface area contributed by atoms with E-state index in [1.807, 2.05) is 0 Å². The number of nitrogens with two attached hydrogens (primary N) is 1. The van der Waals surface area contributed by atoms with Crippen LogP contribution in [0.5, 0.6) is 0 Å². The van der Waals surface area contributed by atoms with Crippen molar-refractivity contribution in [3.05, 3.63) is 50.9 Å². The van der Waals surface area contributed by atoms with Gasteiger partial charge in [0.15, 0.2) is 0 Å². The van der Waals surface area contributed by atoms with Crippen LogP contribution in [0.2, 0.25) is 10.0 Å². The lowest BCUT2D eigenvalue weighted by Crippen LogP contribution is -2.14. The number of sulfonamides is 1. The fourth-order valence-electron chi connectivity index (χ4n) is 1.46. The number of halogens is 3. The Hall–Kier alpha value is -0.950. The summed E-state index contributed by atoms with van der Waals surface area (Å²) in [4.78, 5) is 0.0631. The molecule has 0 aliphatic heterocycles. The Labute approximate surface area is 135 Å². The molecule has 106 valence electrons. The van der Waals surface area contributed by atoms with E-state index in [1.54, 1.807) is 6.07 Å². The van der Waals surface area contributed by atoms with Crippen molar-refractivity contribution in [2.45, 2.75) is 4.90 Å². The van der Waals surface area contributed by atoms with E-state index < -0.39 is 10.0 Å². The molecule has 0 saturated heterocycles. The second-order valence-corrected chi connectivity index (χ2v) is 7.29. The van der Waals surface area contributed by atoms with E-state index in [0.717, 1.165) is 0 Å². The molecule has 3 N–H and O–H groups in total. The number of hydrogen-bond acceptors (Lipinski definition) is 3. The van der Waals surface area contributed by atoms with Gasteiger partial charge in [-0.25, -0.2) is 8.42 Å². The Morgan fingerprint density at radius 3 is 2.45 bits per heavy atom. The summed E-state index contributed by atoms with van der Waals surface area (Å²) in [6.45, 7) is 0. The number of anilines is 2. The molecule has 0 heterocycles. The molecular formula is C12H9BrCl2N2O2S. The summed E-state index contributed by atoms with van der Waals surface area (Å²) in [5.74, 6) is 0. The molecule has 0 atom stereocenters. The lowest BCUT2D eigenvalue weighted by atomic mass is 10.3. The van der Waals surface area contributed by atoms with Gasteiger partial charge in [0.2, 0.25) is 0 Å². The zero-order valence-electron chi connectivity index (χ0n) is 9.90. The summed E-state index contributed by atoms with van der Waals surface area (Å²) < 4.78 is 27.4. The van der Waals surface area contributed by atoms with Gasteiger partial charge in [-0.15, -0.1) is 0 Å². The van der Waals surface area contributed by atoms with E-state index in [2.05, 4.69) is 20.7 Å². The number of nitrogen functional groups attached to an aromatic ring is 1. The van der Waals surface area contributed by atoms with Crippen LogP contribution in [0.15, 0.2) is 45.8 Å². The molecule has 0 radical (unpaired) electrons. The predicted molar refractivity (Wildman–Crippen MR) is 85.8 cm³/mol. The molecular weight excluding hydrogens is 387 g/mol. The minimum Gasteiger partial charge on any atom is -0.397 e. The molecule has 2 rings (SSSR count). The van der Waals surface area contributed by atoms with Gasteiger partial charge in [0.25, 0.3) is 10.0 Å². The first-order valence-corrected chi connectivity index (χ1v) is 8.36. The normalized spacial score (nSPS) is 11.3. The zero-order chi connectivity index (χ0) is 14.9. The van der Waals surface area contributed by atoms with Crippen LogP contribution in [0.4, 0.5) is 11.4 Å². The van der Waals surface area contributed by atoms with E-state index in [9.17, 15) is 8.42 Å². The number of rotatable bonds is 3. The maximum atomic E-state index is 12.3. The molecule has 8 heteroatoms. The minimum absolute atomic E-state index is 0.0631. The quantitative estimate of drug-likeness (QED) is 0.767. The van der Waals surface area contributed by atoms with Crippen LogP contribution >= 0.6 is 39.1 Å². The third kappa shape index (κ3) is 3.38. The molecule has 2 aromatic carbocycles. The molecule has 0 fully saturated rings. The van der Waals surface area contributed by atoms with Crippen LogP contribution in [-0.4, -0.2) is 8.42 Å². The van der Waals surface area contributed by atoms with E-state index in [1.165, 1.54) is 30.3 Å². The van der Waals surface area contributed by atoms with E-state index in [0.29, 0.717) is 14.5 Å². The van der Waals surface area contributed by atoms with Crippen LogP contribution in [0.3, 0.4) is 0 Å². The SMILES string of the molecule is Nc1ccc(Cl)cc1NS(=O)(=O)c1ccc(Cl)c(Br)c1. The van der Waals surface area contributed by atoms with Crippen LogP contribution < -0.4 is 10.5 Å². The van der Waals surface area contributed by atoms with Gasteiger partial charge in [0.1, 0.15) is 0 Å². The molecule has 20 heavy (non-hydrogen) atoms. The fraction of sp³-hybridized carbons (Fsp3) is 0. The first-order valence-electron chi connectivity index (χ1n) is 5.32. The van der Waals surface area contributed by atoms with Gasteiger partial charge in [-0.05, 0) is 52.3 Å². The van der Waals surface area contributed by atoms with Crippen molar-refractivity contribution in [1.82, 2.24) is 0 Å².